The summed E-state index contributed by atoms with van der Waals surface area (Å²) in [6.07, 6.45) is 0.959. The van der Waals surface area contributed by atoms with Crippen LogP contribution < -0.4 is 10.1 Å². The van der Waals surface area contributed by atoms with Gasteiger partial charge in [0.05, 0.1) is 12.3 Å². The van der Waals surface area contributed by atoms with E-state index in [4.69, 9.17) is 4.74 Å². The number of piperidine rings is 1. The minimum Gasteiger partial charge on any atom is -0.491 e. The Morgan fingerprint density at radius 3 is 2.47 bits per heavy atom. The Labute approximate surface area is 177 Å². The number of benzene rings is 2. The number of carbonyl (C=O) groups excluding carboxylic acids is 1. The Bertz CT molecular complexity index is 955. The van der Waals surface area contributed by atoms with E-state index in [0.29, 0.717) is 44.6 Å². The molecule has 3 rings (SSSR count). The molecule has 1 fully saturated rings. The van der Waals surface area contributed by atoms with Gasteiger partial charge in [-0.15, -0.1) is 0 Å². The molecule has 0 unspecified atom stereocenters. The molecule has 0 bridgehead atoms. The molecule has 0 radical (unpaired) electrons. The maximum Gasteiger partial charge on any atom is 0.223 e. The number of amides is 1. The summed E-state index contributed by atoms with van der Waals surface area (Å²) in [7, 11) is -3.49. The van der Waals surface area contributed by atoms with Crippen LogP contribution in [0, 0.1) is 18.7 Å². The van der Waals surface area contributed by atoms with Crippen molar-refractivity contribution in [2.75, 3.05) is 26.2 Å². The van der Waals surface area contributed by atoms with Gasteiger partial charge >= 0.3 is 0 Å². The first-order chi connectivity index (χ1) is 14.3. The van der Waals surface area contributed by atoms with Crippen LogP contribution in [0.25, 0.3) is 0 Å². The first-order valence-electron chi connectivity index (χ1n) is 10.0. The molecule has 0 aromatic heterocycles. The fourth-order valence-corrected chi connectivity index (χ4v) is 5.04. The molecule has 8 heteroatoms. The van der Waals surface area contributed by atoms with Crippen molar-refractivity contribution in [3.05, 3.63) is 65.5 Å². The number of ether oxygens (including phenoxy) is 1. The van der Waals surface area contributed by atoms with Gasteiger partial charge in [0.2, 0.25) is 15.9 Å². The fourth-order valence-electron chi connectivity index (χ4n) is 3.48. The second-order valence-corrected chi connectivity index (χ2v) is 9.43. The maximum atomic E-state index is 13.0. The number of aryl methyl sites for hydroxylation is 1. The molecule has 6 nitrogen and oxygen atoms in total. The first kappa shape index (κ1) is 22.2. The Kier molecular flexibility index (Phi) is 7.44. The zero-order valence-corrected chi connectivity index (χ0v) is 17.8. The molecule has 0 atom stereocenters. The minimum atomic E-state index is -3.49. The predicted molar refractivity (Wildman–Crippen MR) is 113 cm³/mol. The first-order valence-corrected chi connectivity index (χ1v) is 11.6. The zero-order valence-electron chi connectivity index (χ0n) is 17.0. The number of para-hydroxylation sites is 1. The molecule has 0 spiro atoms. The molecule has 1 heterocycles. The van der Waals surface area contributed by atoms with E-state index in [1.165, 1.54) is 28.6 Å². The van der Waals surface area contributed by atoms with E-state index in [9.17, 15) is 17.6 Å². The molecule has 0 saturated carbocycles. The van der Waals surface area contributed by atoms with Crippen molar-refractivity contribution >= 4 is 15.9 Å². The molecule has 1 aliphatic heterocycles. The van der Waals surface area contributed by atoms with Crippen LogP contribution >= 0.6 is 0 Å². The van der Waals surface area contributed by atoms with Crippen LogP contribution in [0.4, 0.5) is 4.39 Å². The molecule has 2 aromatic rings. The zero-order chi connectivity index (χ0) is 21.6. The summed E-state index contributed by atoms with van der Waals surface area (Å²) in [5, 5.41) is 2.87. The van der Waals surface area contributed by atoms with Gasteiger partial charge < -0.3 is 10.1 Å². The van der Waals surface area contributed by atoms with Crippen LogP contribution in [0.1, 0.15) is 24.0 Å². The largest absolute Gasteiger partial charge is 0.491 e. The van der Waals surface area contributed by atoms with Crippen molar-refractivity contribution in [1.29, 1.82) is 0 Å². The summed E-state index contributed by atoms with van der Waals surface area (Å²) >= 11 is 0. The Morgan fingerprint density at radius 2 is 1.80 bits per heavy atom. The van der Waals surface area contributed by atoms with Gasteiger partial charge in [-0.1, -0.05) is 30.3 Å². The molecule has 2 aromatic carbocycles. The third kappa shape index (κ3) is 6.03. The number of hydrogen-bond donors (Lipinski definition) is 1. The lowest BCUT2D eigenvalue weighted by atomic mass is 9.97. The van der Waals surface area contributed by atoms with Crippen LogP contribution in [-0.2, 0) is 20.6 Å². The minimum absolute atomic E-state index is 0.0704. The van der Waals surface area contributed by atoms with E-state index in [2.05, 4.69) is 5.32 Å². The number of halogens is 1. The van der Waals surface area contributed by atoms with Crippen LogP contribution in [-0.4, -0.2) is 44.9 Å². The summed E-state index contributed by atoms with van der Waals surface area (Å²) in [4.78, 5) is 12.4. The van der Waals surface area contributed by atoms with Crippen LogP contribution in [0.2, 0.25) is 0 Å². The summed E-state index contributed by atoms with van der Waals surface area (Å²) in [5.41, 5.74) is 1.59. The van der Waals surface area contributed by atoms with E-state index >= 15 is 0 Å². The summed E-state index contributed by atoms with van der Waals surface area (Å²) in [6.45, 7) is 3.35. The van der Waals surface area contributed by atoms with Crippen LogP contribution in [0.15, 0.2) is 48.5 Å². The van der Waals surface area contributed by atoms with Gasteiger partial charge in [0.1, 0.15) is 18.2 Å². The summed E-state index contributed by atoms with van der Waals surface area (Å²) in [5.74, 6) is -0.0428. The van der Waals surface area contributed by atoms with E-state index in [1.54, 1.807) is 0 Å². The highest BCUT2D eigenvalue weighted by molar-refractivity contribution is 7.88. The van der Waals surface area contributed by atoms with E-state index in [-0.39, 0.29) is 17.6 Å². The Balaban J connectivity index is 1.41. The maximum absolute atomic E-state index is 13.0. The number of nitrogens with one attached hydrogen (secondary N) is 1. The van der Waals surface area contributed by atoms with Gasteiger partial charge in [0.25, 0.3) is 0 Å². The van der Waals surface area contributed by atoms with Crippen molar-refractivity contribution in [3.8, 4) is 5.75 Å². The van der Waals surface area contributed by atoms with Crippen molar-refractivity contribution in [2.24, 2.45) is 5.92 Å². The molecule has 1 N–H and O–H groups in total. The predicted octanol–water partition coefficient (Wildman–Crippen LogP) is 2.87. The summed E-state index contributed by atoms with van der Waals surface area (Å²) < 4.78 is 45.3. The quantitative estimate of drug-likeness (QED) is 0.649. The molecule has 30 heavy (non-hydrogen) atoms. The average molecular weight is 435 g/mol. The van der Waals surface area contributed by atoms with Crippen LogP contribution in [0.5, 0.6) is 5.75 Å². The van der Waals surface area contributed by atoms with Gasteiger partial charge in [0.15, 0.2) is 0 Å². The number of sulfonamides is 1. The molecule has 1 amide bonds. The van der Waals surface area contributed by atoms with Gasteiger partial charge in [0, 0.05) is 19.0 Å². The molecule has 162 valence electrons. The Hall–Kier alpha value is -2.45. The van der Waals surface area contributed by atoms with E-state index < -0.39 is 15.8 Å². The highest BCUT2D eigenvalue weighted by Gasteiger charge is 2.31. The monoisotopic (exact) mass is 434 g/mol. The van der Waals surface area contributed by atoms with Gasteiger partial charge in [-0.05, 0) is 49.1 Å². The average Bonchev–Trinajstić information content (AvgIpc) is 2.74. The van der Waals surface area contributed by atoms with Crippen molar-refractivity contribution in [2.45, 2.75) is 25.5 Å². The van der Waals surface area contributed by atoms with Crippen molar-refractivity contribution in [1.82, 2.24) is 9.62 Å². The summed E-state index contributed by atoms with van der Waals surface area (Å²) in [6, 6.07) is 13.2. The number of carbonyl (C=O) groups is 1. The fraction of sp³-hybridized carbons (Fsp3) is 0.409. The smallest absolute Gasteiger partial charge is 0.223 e. The van der Waals surface area contributed by atoms with E-state index in [1.807, 2.05) is 31.2 Å². The Morgan fingerprint density at radius 1 is 1.13 bits per heavy atom. The molecular weight excluding hydrogens is 407 g/mol. The number of hydrogen-bond acceptors (Lipinski definition) is 4. The molecule has 0 aliphatic carbocycles. The van der Waals surface area contributed by atoms with Crippen molar-refractivity contribution in [3.63, 3.8) is 0 Å². The highest BCUT2D eigenvalue weighted by atomic mass is 32.2. The highest BCUT2D eigenvalue weighted by Crippen LogP contribution is 2.22. The third-order valence-corrected chi connectivity index (χ3v) is 7.08. The van der Waals surface area contributed by atoms with Crippen molar-refractivity contribution < 1.29 is 22.3 Å². The second kappa shape index (κ2) is 10.0. The van der Waals surface area contributed by atoms with E-state index in [0.717, 1.165) is 11.3 Å². The lowest BCUT2D eigenvalue weighted by molar-refractivity contribution is -0.126. The standard InChI is InChI=1S/C22H27FN2O4S/c1-17-4-2-3-5-21(17)29-15-12-24-22(26)19-10-13-25(14-11-19)30(27,28)16-18-6-8-20(23)9-7-18/h2-9,19H,10-16H2,1H3,(H,24,26). The normalized spacial score (nSPS) is 15.7. The topological polar surface area (TPSA) is 75.7 Å². The molecular formula is C22H27FN2O4S. The van der Waals surface area contributed by atoms with Crippen LogP contribution in [0.3, 0.4) is 0 Å². The lowest BCUT2D eigenvalue weighted by Crippen LogP contribution is -2.43. The molecule has 1 aliphatic rings. The third-order valence-electron chi connectivity index (χ3n) is 5.23. The SMILES string of the molecule is Cc1ccccc1OCCNC(=O)C1CCN(S(=O)(=O)Cc2ccc(F)cc2)CC1. The number of rotatable bonds is 8. The van der Waals surface area contributed by atoms with Gasteiger partial charge in [-0.2, -0.15) is 0 Å². The van der Waals surface area contributed by atoms with Gasteiger partial charge in [-0.3, -0.25) is 4.79 Å². The van der Waals surface area contributed by atoms with Gasteiger partial charge in [-0.25, -0.2) is 17.1 Å². The molecule has 1 saturated heterocycles. The number of nitrogens with zero attached hydrogens (tertiary/aromatic N) is 1. The second-order valence-electron chi connectivity index (χ2n) is 7.46. The lowest BCUT2D eigenvalue weighted by Gasteiger charge is -2.30.